The van der Waals surface area contributed by atoms with Gasteiger partial charge in [0.25, 0.3) is 5.91 Å². The third kappa shape index (κ3) is 3.25. The molecule has 0 aliphatic carbocycles. The van der Waals surface area contributed by atoms with Gasteiger partial charge in [-0.1, -0.05) is 29.8 Å². The van der Waals surface area contributed by atoms with Crippen LogP contribution in [0.1, 0.15) is 15.9 Å². The van der Waals surface area contributed by atoms with Crippen LogP contribution in [0.3, 0.4) is 0 Å². The Morgan fingerprint density at radius 1 is 1.00 bits per heavy atom. The summed E-state index contributed by atoms with van der Waals surface area (Å²) in [5.74, 6) is 0.0887. The second kappa shape index (κ2) is 6.41. The summed E-state index contributed by atoms with van der Waals surface area (Å²) in [6.45, 7) is 6.92. The Labute approximate surface area is 136 Å². The molecular formula is C18H18ClN2O. The first-order valence-corrected chi connectivity index (χ1v) is 7.73. The highest BCUT2D eigenvalue weighted by atomic mass is 35.5. The Balaban J connectivity index is 1.64. The molecular weight excluding hydrogens is 296 g/mol. The summed E-state index contributed by atoms with van der Waals surface area (Å²) in [6.07, 6.45) is 0. The molecule has 0 saturated carbocycles. The Kier molecular flexibility index (Phi) is 4.34. The van der Waals surface area contributed by atoms with Crippen LogP contribution >= 0.6 is 11.6 Å². The largest absolute Gasteiger partial charge is 0.368 e. The predicted molar refractivity (Wildman–Crippen MR) is 90.5 cm³/mol. The molecule has 0 unspecified atom stereocenters. The second-order valence-corrected chi connectivity index (χ2v) is 5.89. The van der Waals surface area contributed by atoms with Gasteiger partial charge in [0, 0.05) is 42.5 Å². The zero-order chi connectivity index (χ0) is 15.5. The molecule has 2 aromatic carbocycles. The summed E-state index contributed by atoms with van der Waals surface area (Å²) in [5.41, 5.74) is 2.76. The summed E-state index contributed by atoms with van der Waals surface area (Å²) in [4.78, 5) is 16.6. The predicted octanol–water partition coefficient (Wildman–Crippen LogP) is 3.48. The van der Waals surface area contributed by atoms with Gasteiger partial charge in [-0.15, -0.1) is 0 Å². The molecule has 3 rings (SSSR count). The second-order valence-electron chi connectivity index (χ2n) is 5.46. The first kappa shape index (κ1) is 14.9. The minimum Gasteiger partial charge on any atom is -0.368 e. The van der Waals surface area contributed by atoms with Crippen molar-refractivity contribution in [2.75, 3.05) is 31.1 Å². The number of carbonyl (C=O) groups is 1. The molecule has 113 valence electrons. The number of benzene rings is 2. The van der Waals surface area contributed by atoms with Gasteiger partial charge in [-0.3, -0.25) is 4.79 Å². The maximum atomic E-state index is 12.5. The number of hydrogen-bond acceptors (Lipinski definition) is 2. The average Bonchev–Trinajstić information content (AvgIpc) is 2.55. The van der Waals surface area contributed by atoms with E-state index in [2.05, 4.69) is 17.9 Å². The number of halogens is 1. The molecule has 1 saturated heterocycles. The summed E-state index contributed by atoms with van der Waals surface area (Å²) >= 11 is 6.04. The van der Waals surface area contributed by atoms with E-state index in [1.165, 1.54) is 0 Å². The van der Waals surface area contributed by atoms with Crippen molar-refractivity contribution < 1.29 is 4.79 Å². The van der Waals surface area contributed by atoms with Gasteiger partial charge in [-0.05, 0) is 42.8 Å². The highest BCUT2D eigenvalue weighted by Gasteiger charge is 2.22. The van der Waals surface area contributed by atoms with Crippen molar-refractivity contribution in [2.45, 2.75) is 0 Å². The summed E-state index contributed by atoms with van der Waals surface area (Å²) < 4.78 is 0. The van der Waals surface area contributed by atoms with E-state index < -0.39 is 0 Å². The number of nitrogens with zero attached hydrogens (tertiary/aromatic N) is 2. The number of anilines is 1. The lowest BCUT2D eigenvalue weighted by Crippen LogP contribution is -2.48. The van der Waals surface area contributed by atoms with Crippen LogP contribution in [0.4, 0.5) is 5.69 Å². The molecule has 1 fully saturated rings. The van der Waals surface area contributed by atoms with Crippen LogP contribution in [-0.4, -0.2) is 37.0 Å². The SMILES string of the molecule is [CH2]c1ccc(C(=O)N2CCN(c3cccc(Cl)c3)CC2)cc1. The van der Waals surface area contributed by atoms with Crippen LogP contribution in [0.5, 0.6) is 0 Å². The molecule has 1 radical (unpaired) electrons. The van der Waals surface area contributed by atoms with E-state index in [0.29, 0.717) is 0 Å². The van der Waals surface area contributed by atoms with Crippen LogP contribution in [0.25, 0.3) is 0 Å². The molecule has 4 heteroatoms. The number of rotatable bonds is 2. The Hall–Kier alpha value is -2.00. The van der Waals surface area contributed by atoms with E-state index in [1.807, 2.05) is 47.4 Å². The Bertz CT molecular complexity index is 661. The molecule has 1 heterocycles. The maximum absolute atomic E-state index is 12.5. The van der Waals surface area contributed by atoms with Gasteiger partial charge < -0.3 is 9.80 Å². The van der Waals surface area contributed by atoms with E-state index in [-0.39, 0.29) is 5.91 Å². The van der Waals surface area contributed by atoms with Gasteiger partial charge >= 0.3 is 0 Å². The first-order valence-electron chi connectivity index (χ1n) is 7.35. The molecule has 22 heavy (non-hydrogen) atoms. The number of carbonyl (C=O) groups excluding carboxylic acids is 1. The van der Waals surface area contributed by atoms with Gasteiger partial charge in [0.1, 0.15) is 0 Å². The third-order valence-corrected chi connectivity index (χ3v) is 4.18. The van der Waals surface area contributed by atoms with Crippen LogP contribution in [0.2, 0.25) is 5.02 Å². The number of piperazine rings is 1. The molecule has 2 aromatic rings. The lowest BCUT2D eigenvalue weighted by atomic mass is 10.1. The van der Waals surface area contributed by atoms with Crippen molar-refractivity contribution in [3.05, 3.63) is 71.6 Å². The highest BCUT2D eigenvalue weighted by Crippen LogP contribution is 2.21. The normalized spacial score (nSPS) is 15.0. The van der Waals surface area contributed by atoms with E-state index in [9.17, 15) is 4.79 Å². The molecule has 1 amide bonds. The molecule has 0 bridgehead atoms. The molecule has 0 aromatic heterocycles. The lowest BCUT2D eigenvalue weighted by Gasteiger charge is -2.36. The fraction of sp³-hybridized carbons (Fsp3) is 0.222. The molecule has 0 atom stereocenters. The van der Waals surface area contributed by atoms with Gasteiger partial charge in [0.05, 0.1) is 0 Å². The molecule has 0 N–H and O–H groups in total. The van der Waals surface area contributed by atoms with Gasteiger partial charge in [0.15, 0.2) is 0 Å². The maximum Gasteiger partial charge on any atom is 0.253 e. The monoisotopic (exact) mass is 313 g/mol. The summed E-state index contributed by atoms with van der Waals surface area (Å²) in [5, 5.41) is 0.740. The van der Waals surface area contributed by atoms with Crippen LogP contribution in [-0.2, 0) is 0 Å². The zero-order valence-corrected chi connectivity index (χ0v) is 13.1. The molecule has 1 aliphatic heterocycles. The Morgan fingerprint density at radius 3 is 2.32 bits per heavy atom. The van der Waals surface area contributed by atoms with Crippen LogP contribution in [0.15, 0.2) is 48.5 Å². The van der Waals surface area contributed by atoms with Crippen molar-refractivity contribution >= 4 is 23.2 Å². The van der Waals surface area contributed by atoms with E-state index in [1.54, 1.807) is 0 Å². The minimum absolute atomic E-state index is 0.0887. The van der Waals surface area contributed by atoms with E-state index in [0.717, 1.165) is 48.0 Å². The fourth-order valence-electron chi connectivity index (χ4n) is 2.67. The standard InChI is InChI=1S/C18H18ClN2O/c1-14-5-7-15(8-6-14)18(22)21-11-9-20(10-12-21)17-4-2-3-16(19)13-17/h2-8,13H,1,9-12H2. The van der Waals surface area contributed by atoms with Crippen molar-refractivity contribution in [1.82, 2.24) is 4.90 Å². The Morgan fingerprint density at radius 2 is 1.68 bits per heavy atom. The van der Waals surface area contributed by atoms with E-state index in [4.69, 9.17) is 11.6 Å². The first-order chi connectivity index (χ1) is 10.6. The van der Waals surface area contributed by atoms with Gasteiger partial charge in [0.2, 0.25) is 0 Å². The fourth-order valence-corrected chi connectivity index (χ4v) is 2.85. The zero-order valence-electron chi connectivity index (χ0n) is 12.3. The average molecular weight is 314 g/mol. The van der Waals surface area contributed by atoms with Crippen LogP contribution in [0, 0.1) is 6.92 Å². The van der Waals surface area contributed by atoms with Crippen molar-refractivity contribution in [3.63, 3.8) is 0 Å². The molecule has 0 spiro atoms. The van der Waals surface area contributed by atoms with Crippen LogP contribution < -0.4 is 4.90 Å². The minimum atomic E-state index is 0.0887. The van der Waals surface area contributed by atoms with E-state index >= 15 is 0 Å². The van der Waals surface area contributed by atoms with Gasteiger partial charge in [-0.2, -0.15) is 0 Å². The molecule has 1 aliphatic rings. The summed E-state index contributed by atoms with van der Waals surface area (Å²) in [6, 6.07) is 15.3. The topological polar surface area (TPSA) is 23.6 Å². The highest BCUT2D eigenvalue weighted by molar-refractivity contribution is 6.30. The number of amides is 1. The third-order valence-electron chi connectivity index (χ3n) is 3.94. The number of hydrogen-bond donors (Lipinski definition) is 0. The molecule has 3 nitrogen and oxygen atoms in total. The lowest BCUT2D eigenvalue weighted by molar-refractivity contribution is 0.0747. The smallest absolute Gasteiger partial charge is 0.253 e. The summed E-state index contributed by atoms with van der Waals surface area (Å²) in [7, 11) is 0. The van der Waals surface area contributed by atoms with Crippen molar-refractivity contribution in [3.8, 4) is 0 Å². The van der Waals surface area contributed by atoms with Crippen molar-refractivity contribution in [2.24, 2.45) is 0 Å². The van der Waals surface area contributed by atoms with Crippen molar-refractivity contribution in [1.29, 1.82) is 0 Å². The quantitative estimate of drug-likeness (QED) is 0.847. The van der Waals surface area contributed by atoms with Gasteiger partial charge in [-0.25, -0.2) is 0 Å².